The summed E-state index contributed by atoms with van der Waals surface area (Å²) in [4.78, 5) is 10.6. The van der Waals surface area contributed by atoms with Crippen LogP contribution >= 0.6 is 11.6 Å². The lowest BCUT2D eigenvalue weighted by molar-refractivity contribution is -0.149. The molecule has 0 saturated carbocycles. The van der Waals surface area contributed by atoms with Crippen molar-refractivity contribution in [1.82, 2.24) is 0 Å². The summed E-state index contributed by atoms with van der Waals surface area (Å²) in [6.45, 7) is 2.30. The first kappa shape index (κ1) is 16.7. The molecule has 0 heterocycles. The number of carboxylic acids is 1. The standard InChI is InChI=1S/C13H16ClF2NO3/c1-2-3-6-20-10-7-8(4-5-9(10)14)13(15,16)11(17)12(18)19/h4-5,7,11H,2-3,6,17H2,1H3,(H,18,19). The van der Waals surface area contributed by atoms with E-state index >= 15 is 0 Å². The van der Waals surface area contributed by atoms with Gasteiger partial charge < -0.3 is 15.6 Å². The van der Waals surface area contributed by atoms with Crippen molar-refractivity contribution in [3.05, 3.63) is 28.8 Å². The minimum Gasteiger partial charge on any atom is -0.492 e. The Morgan fingerprint density at radius 1 is 1.55 bits per heavy atom. The second kappa shape index (κ2) is 6.85. The van der Waals surface area contributed by atoms with Gasteiger partial charge in [0.2, 0.25) is 0 Å². The maximum absolute atomic E-state index is 13.9. The zero-order valence-electron chi connectivity index (χ0n) is 10.9. The van der Waals surface area contributed by atoms with Crippen molar-refractivity contribution in [1.29, 1.82) is 0 Å². The highest BCUT2D eigenvalue weighted by atomic mass is 35.5. The van der Waals surface area contributed by atoms with E-state index in [9.17, 15) is 13.6 Å². The number of benzene rings is 1. The number of nitrogens with two attached hydrogens (primary N) is 1. The zero-order valence-corrected chi connectivity index (χ0v) is 11.7. The first-order valence-electron chi connectivity index (χ1n) is 6.09. The Balaban J connectivity index is 3.01. The van der Waals surface area contributed by atoms with Crippen LogP contribution in [0.3, 0.4) is 0 Å². The minimum atomic E-state index is -3.71. The molecule has 20 heavy (non-hydrogen) atoms. The number of rotatable bonds is 7. The Bertz CT molecular complexity index is 483. The molecule has 0 bridgehead atoms. The Morgan fingerprint density at radius 2 is 2.20 bits per heavy atom. The predicted molar refractivity (Wildman–Crippen MR) is 71.4 cm³/mol. The van der Waals surface area contributed by atoms with Crippen LogP contribution in [0.4, 0.5) is 8.78 Å². The van der Waals surface area contributed by atoms with Crippen LogP contribution in [0.2, 0.25) is 5.02 Å². The fourth-order valence-corrected chi connectivity index (χ4v) is 1.65. The van der Waals surface area contributed by atoms with Crippen LogP contribution in [0.1, 0.15) is 25.3 Å². The molecule has 7 heteroatoms. The number of ether oxygens (including phenoxy) is 1. The fraction of sp³-hybridized carbons (Fsp3) is 0.462. The van der Waals surface area contributed by atoms with E-state index in [0.717, 1.165) is 25.0 Å². The third kappa shape index (κ3) is 3.80. The van der Waals surface area contributed by atoms with E-state index in [1.54, 1.807) is 0 Å². The van der Waals surface area contributed by atoms with Gasteiger partial charge in [-0.1, -0.05) is 31.0 Å². The first-order valence-corrected chi connectivity index (χ1v) is 6.47. The number of carbonyl (C=O) groups is 1. The van der Waals surface area contributed by atoms with E-state index < -0.39 is 23.5 Å². The van der Waals surface area contributed by atoms with E-state index in [1.165, 1.54) is 6.07 Å². The van der Waals surface area contributed by atoms with Crippen molar-refractivity contribution in [2.75, 3.05) is 6.61 Å². The summed E-state index contributed by atoms with van der Waals surface area (Å²) in [7, 11) is 0. The molecule has 0 aliphatic rings. The monoisotopic (exact) mass is 307 g/mol. The highest BCUT2D eigenvalue weighted by Crippen LogP contribution is 2.36. The molecule has 0 aliphatic carbocycles. The Kier molecular flexibility index (Phi) is 5.71. The smallest absolute Gasteiger partial charge is 0.327 e. The molecule has 0 saturated heterocycles. The molecule has 1 unspecified atom stereocenters. The van der Waals surface area contributed by atoms with Gasteiger partial charge in [0.25, 0.3) is 5.92 Å². The summed E-state index contributed by atoms with van der Waals surface area (Å²) in [6.07, 6.45) is 1.64. The number of aliphatic carboxylic acids is 1. The molecule has 0 fully saturated rings. The molecule has 4 nitrogen and oxygen atoms in total. The maximum Gasteiger partial charge on any atom is 0.327 e. The molecule has 1 rings (SSSR count). The average Bonchev–Trinajstić information content (AvgIpc) is 2.39. The van der Waals surface area contributed by atoms with Crippen molar-refractivity contribution >= 4 is 17.6 Å². The summed E-state index contributed by atoms with van der Waals surface area (Å²) in [5.41, 5.74) is 4.47. The van der Waals surface area contributed by atoms with Crippen molar-refractivity contribution in [3.8, 4) is 5.75 Å². The molecule has 0 radical (unpaired) electrons. The molecule has 1 aromatic rings. The third-order valence-corrected chi connectivity index (χ3v) is 3.04. The van der Waals surface area contributed by atoms with Crippen LogP contribution in [-0.4, -0.2) is 23.7 Å². The van der Waals surface area contributed by atoms with Crippen LogP contribution in [0.15, 0.2) is 18.2 Å². The van der Waals surface area contributed by atoms with Gasteiger partial charge in [0.15, 0.2) is 6.04 Å². The largest absolute Gasteiger partial charge is 0.492 e. The van der Waals surface area contributed by atoms with Gasteiger partial charge in [-0.3, -0.25) is 4.79 Å². The second-order valence-corrected chi connectivity index (χ2v) is 4.69. The summed E-state index contributed by atoms with van der Waals surface area (Å²) in [5, 5.41) is 8.80. The Hall–Kier alpha value is -1.40. The lowest BCUT2D eigenvalue weighted by atomic mass is 10.0. The van der Waals surface area contributed by atoms with Gasteiger partial charge >= 0.3 is 5.97 Å². The van der Waals surface area contributed by atoms with Gasteiger partial charge in [-0.15, -0.1) is 0 Å². The van der Waals surface area contributed by atoms with Crippen molar-refractivity contribution in [3.63, 3.8) is 0 Å². The number of halogens is 3. The number of carboxylic acid groups (broad SMARTS) is 1. The number of hydrogen-bond acceptors (Lipinski definition) is 3. The molecule has 1 atom stereocenters. The van der Waals surface area contributed by atoms with E-state index in [4.69, 9.17) is 27.2 Å². The zero-order chi connectivity index (χ0) is 15.3. The van der Waals surface area contributed by atoms with Crippen molar-refractivity contribution < 1.29 is 23.4 Å². The minimum absolute atomic E-state index is 0.0925. The molecular weight excluding hydrogens is 292 g/mol. The topological polar surface area (TPSA) is 72.5 Å². The maximum atomic E-state index is 13.9. The molecule has 0 aliphatic heterocycles. The van der Waals surface area contributed by atoms with Gasteiger partial charge in [0.1, 0.15) is 5.75 Å². The summed E-state index contributed by atoms with van der Waals surface area (Å²) >= 11 is 5.85. The quantitative estimate of drug-likeness (QED) is 0.759. The highest BCUT2D eigenvalue weighted by Gasteiger charge is 2.44. The van der Waals surface area contributed by atoms with E-state index in [0.29, 0.717) is 6.61 Å². The van der Waals surface area contributed by atoms with Gasteiger partial charge in [-0.2, -0.15) is 8.78 Å². The molecule has 3 N–H and O–H groups in total. The molecule has 1 aromatic carbocycles. The van der Waals surface area contributed by atoms with Gasteiger partial charge in [0.05, 0.1) is 11.6 Å². The van der Waals surface area contributed by atoms with Crippen LogP contribution < -0.4 is 10.5 Å². The Labute approximate surface area is 120 Å². The molecule has 0 amide bonds. The van der Waals surface area contributed by atoms with E-state index in [2.05, 4.69) is 0 Å². The number of unbranched alkanes of at least 4 members (excludes halogenated alkanes) is 1. The van der Waals surface area contributed by atoms with Crippen LogP contribution in [0.25, 0.3) is 0 Å². The third-order valence-electron chi connectivity index (χ3n) is 2.73. The SMILES string of the molecule is CCCCOc1cc(C(F)(F)C(N)C(=O)O)ccc1Cl. The predicted octanol–water partition coefficient (Wildman–Crippen LogP) is 3.02. The molecule has 0 spiro atoms. The fourth-order valence-electron chi connectivity index (χ4n) is 1.48. The Morgan fingerprint density at radius 3 is 2.75 bits per heavy atom. The van der Waals surface area contributed by atoms with Gasteiger partial charge in [-0.25, -0.2) is 0 Å². The van der Waals surface area contributed by atoms with Gasteiger partial charge in [-0.05, 0) is 18.6 Å². The lowest BCUT2D eigenvalue weighted by Crippen LogP contribution is -2.45. The second-order valence-electron chi connectivity index (χ2n) is 4.29. The summed E-state index contributed by atoms with van der Waals surface area (Å²) in [5.74, 6) is -5.40. The first-order chi connectivity index (χ1) is 9.30. The number of alkyl halides is 2. The normalized spacial score (nSPS) is 13.1. The molecule has 112 valence electrons. The van der Waals surface area contributed by atoms with Crippen molar-refractivity contribution in [2.24, 2.45) is 5.73 Å². The number of hydrogen-bond donors (Lipinski definition) is 2. The summed E-state index contributed by atoms with van der Waals surface area (Å²) < 4.78 is 33.1. The van der Waals surface area contributed by atoms with Crippen LogP contribution in [-0.2, 0) is 10.7 Å². The van der Waals surface area contributed by atoms with Crippen LogP contribution in [0.5, 0.6) is 5.75 Å². The molecular formula is C13H16ClF2NO3. The van der Waals surface area contributed by atoms with Gasteiger partial charge in [0, 0.05) is 5.56 Å². The molecule has 0 aromatic heterocycles. The summed E-state index contributed by atoms with van der Waals surface area (Å²) in [6, 6.07) is 0.978. The van der Waals surface area contributed by atoms with E-state index in [1.807, 2.05) is 6.92 Å². The highest BCUT2D eigenvalue weighted by molar-refractivity contribution is 6.32. The lowest BCUT2D eigenvalue weighted by Gasteiger charge is -2.21. The average molecular weight is 308 g/mol. The van der Waals surface area contributed by atoms with E-state index in [-0.39, 0.29) is 10.8 Å². The van der Waals surface area contributed by atoms with Crippen molar-refractivity contribution in [2.45, 2.75) is 31.7 Å². The van der Waals surface area contributed by atoms with Crippen LogP contribution in [0, 0.1) is 0 Å².